The van der Waals surface area contributed by atoms with E-state index in [2.05, 4.69) is 0 Å². The molecule has 3 rings (SSSR count). The molecule has 1 unspecified atom stereocenters. The van der Waals surface area contributed by atoms with Gasteiger partial charge in [-0.05, 0) is 61.3 Å². The molecule has 0 spiro atoms. The number of hydrogen-bond acceptors (Lipinski definition) is 2. The molecule has 0 radical (unpaired) electrons. The van der Waals surface area contributed by atoms with Crippen LogP contribution >= 0.6 is 0 Å². The molecule has 0 N–H and O–H groups in total. The molecule has 2 aliphatic rings. The maximum absolute atomic E-state index is 13.8. The average molecular weight is 541 g/mol. The summed E-state index contributed by atoms with van der Waals surface area (Å²) in [6, 6.07) is 0.453. The molecule has 37 heavy (non-hydrogen) atoms. The highest BCUT2D eigenvalue weighted by Gasteiger charge is 2.42. The van der Waals surface area contributed by atoms with Crippen LogP contribution in [0.25, 0.3) is 0 Å². The average Bonchev–Trinajstić information content (AvgIpc) is 2.79. The smallest absolute Gasteiger partial charge is 0.303 e. The van der Waals surface area contributed by atoms with Crippen LogP contribution in [0.3, 0.4) is 0 Å². The van der Waals surface area contributed by atoms with Crippen molar-refractivity contribution in [2.24, 2.45) is 11.8 Å². The van der Waals surface area contributed by atoms with Gasteiger partial charge in [-0.3, -0.25) is 4.90 Å². The minimum Gasteiger partial charge on any atom is -0.303 e. The molecule has 4 atom stereocenters. The van der Waals surface area contributed by atoms with Crippen molar-refractivity contribution < 1.29 is 44.3 Å². The zero-order valence-electron chi connectivity index (χ0n) is 20.1. The number of halogens is 9. The Hall–Kier alpha value is -2.30. The Morgan fingerprint density at radius 2 is 1.68 bits per heavy atom. The summed E-state index contributed by atoms with van der Waals surface area (Å²) in [5.74, 6) is -0.625. The van der Waals surface area contributed by atoms with Crippen molar-refractivity contribution in [2.75, 3.05) is 0 Å². The molecular formula is C26H28F9NO. The standard InChI is InChI=1S/C26H28F9NO/c1-2-3-21-12-16(10-11-37)13-23(17-4-6-19(7-5-17)24(27,28)29)36(21)15-18-14-20(25(30,31)32)8-9-22(18)26(33,34)35/h4,6-9,11,14,16-17,21,23H,2-3,5,10,12-13,15H2,1H3/t16-,17?,21-,23+/m0/s1. The predicted octanol–water partition coefficient (Wildman–Crippen LogP) is 8.13. The van der Waals surface area contributed by atoms with E-state index in [1.54, 1.807) is 4.90 Å². The Morgan fingerprint density at radius 1 is 0.973 bits per heavy atom. The molecule has 0 saturated carbocycles. The SMILES string of the molecule is CCC[C@H]1C[C@H](CC=O)C[C@H](C2C=CC(C(F)(F)F)=CC2)N1Cc1cc(C(F)(F)F)ccc1C(F)(F)F. The fourth-order valence-electron chi connectivity index (χ4n) is 5.48. The third kappa shape index (κ3) is 7.18. The monoisotopic (exact) mass is 541 g/mol. The van der Waals surface area contributed by atoms with Crippen LogP contribution in [-0.2, 0) is 23.7 Å². The van der Waals surface area contributed by atoms with Crippen molar-refractivity contribution in [1.29, 1.82) is 0 Å². The number of piperidine rings is 1. The quantitative estimate of drug-likeness (QED) is 0.257. The first-order chi connectivity index (χ1) is 17.1. The highest BCUT2D eigenvalue weighted by molar-refractivity contribution is 5.49. The van der Waals surface area contributed by atoms with Crippen LogP contribution in [0.1, 0.15) is 62.1 Å². The van der Waals surface area contributed by atoms with E-state index in [9.17, 15) is 44.3 Å². The van der Waals surface area contributed by atoms with Gasteiger partial charge in [-0.2, -0.15) is 39.5 Å². The van der Waals surface area contributed by atoms with Gasteiger partial charge < -0.3 is 4.79 Å². The van der Waals surface area contributed by atoms with Gasteiger partial charge in [-0.1, -0.05) is 31.6 Å². The summed E-state index contributed by atoms with van der Waals surface area (Å²) in [7, 11) is 0. The van der Waals surface area contributed by atoms with E-state index in [0.29, 0.717) is 43.9 Å². The van der Waals surface area contributed by atoms with Crippen LogP contribution in [-0.4, -0.2) is 29.4 Å². The maximum atomic E-state index is 13.8. The second-order valence-corrected chi connectivity index (χ2v) is 9.71. The Bertz CT molecular complexity index is 1010. The third-order valence-electron chi connectivity index (χ3n) is 7.17. The topological polar surface area (TPSA) is 20.3 Å². The van der Waals surface area contributed by atoms with Gasteiger partial charge in [0, 0.05) is 25.0 Å². The van der Waals surface area contributed by atoms with E-state index in [-0.39, 0.29) is 24.8 Å². The van der Waals surface area contributed by atoms with Crippen LogP contribution < -0.4 is 0 Å². The van der Waals surface area contributed by atoms with Crippen molar-refractivity contribution in [3.63, 3.8) is 0 Å². The summed E-state index contributed by atoms with van der Waals surface area (Å²) in [6.45, 7) is 1.42. The number of carbonyl (C=O) groups excluding carboxylic acids is 1. The van der Waals surface area contributed by atoms with Gasteiger partial charge in [0.2, 0.25) is 0 Å². The second kappa shape index (κ2) is 11.2. The van der Waals surface area contributed by atoms with E-state index < -0.39 is 59.3 Å². The van der Waals surface area contributed by atoms with Gasteiger partial charge in [-0.15, -0.1) is 0 Å². The molecule has 1 aliphatic heterocycles. The Kier molecular flexibility index (Phi) is 8.86. The summed E-state index contributed by atoms with van der Waals surface area (Å²) in [4.78, 5) is 13.0. The van der Waals surface area contributed by atoms with Crippen LogP contribution in [0.15, 0.2) is 42.0 Å². The molecular weight excluding hydrogens is 513 g/mol. The number of aldehydes is 1. The first-order valence-corrected chi connectivity index (χ1v) is 12.1. The first-order valence-electron chi connectivity index (χ1n) is 12.1. The first kappa shape index (κ1) is 29.3. The normalized spacial score (nSPS) is 25.7. The summed E-state index contributed by atoms with van der Waals surface area (Å²) >= 11 is 0. The highest BCUT2D eigenvalue weighted by atomic mass is 19.4. The van der Waals surface area contributed by atoms with Crippen molar-refractivity contribution in [2.45, 2.75) is 82.6 Å². The molecule has 206 valence electrons. The van der Waals surface area contributed by atoms with Crippen LogP contribution in [0.2, 0.25) is 0 Å². The molecule has 1 aromatic rings. The second-order valence-electron chi connectivity index (χ2n) is 9.71. The number of carbonyl (C=O) groups is 1. The number of hydrogen-bond donors (Lipinski definition) is 0. The zero-order chi connectivity index (χ0) is 27.6. The lowest BCUT2D eigenvalue weighted by atomic mass is 9.76. The molecule has 2 nitrogen and oxygen atoms in total. The third-order valence-corrected chi connectivity index (χ3v) is 7.17. The summed E-state index contributed by atoms with van der Waals surface area (Å²) in [5, 5.41) is 0. The number of nitrogens with zero attached hydrogens (tertiary/aromatic N) is 1. The number of benzene rings is 1. The predicted molar refractivity (Wildman–Crippen MR) is 119 cm³/mol. The highest BCUT2D eigenvalue weighted by Crippen LogP contribution is 2.42. The fraction of sp³-hybridized carbons (Fsp3) is 0.577. The Balaban J connectivity index is 2.04. The van der Waals surface area contributed by atoms with Crippen molar-refractivity contribution in [1.82, 2.24) is 4.90 Å². The van der Waals surface area contributed by atoms with Crippen molar-refractivity contribution >= 4 is 6.29 Å². The van der Waals surface area contributed by atoms with Gasteiger partial charge in [0.25, 0.3) is 0 Å². The maximum Gasteiger partial charge on any atom is 0.416 e. The molecule has 1 fully saturated rings. The summed E-state index contributed by atoms with van der Waals surface area (Å²) in [6.07, 6.45) is -8.05. The zero-order valence-corrected chi connectivity index (χ0v) is 20.1. The van der Waals surface area contributed by atoms with Gasteiger partial charge in [0.05, 0.1) is 16.7 Å². The lowest BCUT2D eigenvalue weighted by Crippen LogP contribution is -2.52. The molecule has 11 heteroatoms. The van der Waals surface area contributed by atoms with Crippen molar-refractivity contribution in [3.8, 4) is 0 Å². The van der Waals surface area contributed by atoms with Gasteiger partial charge >= 0.3 is 18.5 Å². The van der Waals surface area contributed by atoms with E-state index in [0.717, 1.165) is 18.4 Å². The minimum atomic E-state index is -4.89. The van der Waals surface area contributed by atoms with E-state index in [4.69, 9.17) is 0 Å². The number of allylic oxidation sites excluding steroid dienone is 3. The molecule has 1 saturated heterocycles. The molecule has 1 aromatic carbocycles. The lowest BCUT2D eigenvalue weighted by molar-refractivity contribution is -0.142. The van der Waals surface area contributed by atoms with Crippen LogP contribution in [0.5, 0.6) is 0 Å². The molecule has 0 amide bonds. The van der Waals surface area contributed by atoms with E-state index >= 15 is 0 Å². The summed E-state index contributed by atoms with van der Waals surface area (Å²) in [5.41, 5.74) is -3.74. The molecule has 0 aromatic heterocycles. The van der Waals surface area contributed by atoms with Gasteiger partial charge in [0.1, 0.15) is 6.29 Å². The van der Waals surface area contributed by atoms with Gasteiger partial charge in [-0.25, -0.2) is 0 Å². The minimum absolute atomic E-state index is 0.0200. The number of alkyl halides is 9. The van der Waals surface area contributed by atoms with E-state index in [1.807, 2.05) is 6.92 Å². The van der Waals surface area contributed by atoms with Crippen LogP contribution in [0.4, 0.5) is 39.5 Å². The van der Waals surface area contributed by atoms with Crippen molar-refractivity contribution in [3.05, 3.63) is 58.7 Å². The van der Waals surface area contributed by atoms with E-state index in [1.165, 1.54) is 6.08 Å². The van der Waals surface area contributed by atoms with Gasteiger partial charge in [0.15, 0.2) is 0 Å². The molecule has 0 bridgehead atoms. The molecule has 1 aliphatic carbocycles. The number of likely N-dealkylation sites (tertiary alicyclic amines) is 1. The lowest BCUT2D eigenvalue weighted by Gasteiger charge is -2.48. The fourth-order valence-corrected chi connectivity index (χ4v) is 5.48. The number of rotatable bonds is 7. The molecule has 1 heterocycles. The Morgan fingerprint density at radius 3 is 2.19 bits per heavy atom. The Labute approximate surface area is 209 Å². The summed E-state index contributed by atoms with van der Waals surface area (Å²) < 4.78 is 121. The largest absolute Gasteiger partial charge is 0.416 e. The van der Waals surface area contributed by atoms with Crippen LogP contribution in [0, 0.1) is 11.8 Å².